The van der Waals surface area contributed by atoms with E-state index in [1.807, 2.05) is 0 Å². The number of phenols is 2. The number of benzene rings is 3. The van der Waals surface area contributed by atoms with Crippen LogP contribution in [0, 0.1) is 0 Å². The standard InChI is InChI=1S/C19H12Cl4O5S/c20-12-4-1-3-10(7-12)19(29(26,27)28,17-13(21)5-2-6-14(17)22)11-8-15(24)18(23)16(25)9-11/h1-9,24-25H,(H,26,27,28). The zero-order valence-corrected chi connectivity index (χ0v) is 18.1. The Morgan fingerprint density at radius 2 is 1.28 bits per heavy atom. The van der Waals surface area contributed by atoms with E-state index in [9.17, 15) is 23.2 Å². The van der Waals surface area contributed by atoms with Crippen LogP contribution in [0.1, 0.15) is 16.7 Å². The average molecular weight is 494 g/mol. The average Bonchev–Trinajstić information content (AvgIpc) is 2.61. The molecule has 152 valence electrons. The van der Waals surface area contributed by atoms with Gasteiger partial charge in [-0.15, -0.1) is 0 Å². The van der Waals surface area contributed by atoms with Gasteiger partial charge in [0.1, 0.15) is 16.5 Å². The number of phenolic OH excluding ortho intramolecular Hbond substituents is 2. The third-order valence-corrected chi connectivity index (χ3v) is 7.08. The molecule has 0 radical (unpaired) electrons. The molecule has 0 aliphatic rings. The molecule has 1 unspecified atom stereocenters. The molecule has 0 aliphatic carbocycles. The lowest BCUT2D eigenvalue weighted by Gasteiger charge is -2.34. The molecule has 3 N–H and O–H groups in total. The summed E-state index contributed by atoms with van der Waals surface area (Å²) in [6.07, 6.45) is 0. The van der Waals surface area contributed by atoms with Crippen LogP contribution in [0.4, 0.5) is 0 Å². The van der Waals surface area contributed by atoms with Gasteiger partial charge in [-0.2, -0.15) is 8.42 Å². The van der Waals surface area contributed by atoms with Crippen LogP contribution in [-0.2, 0) is 14.9 Å². The van der Waals surface area contributed by atoms with Crippen molar-refractivity contribution in [1.29, 1.82) is 0 Å². The Hall–Kier alpha value is -1.67. The monoisotopic (exact) mass is 492 g/mol. The fourth-order valence-electron chi connectivity index (χ4n) is 3.22. The Bertz CT molecular complexity index is 1170. The van der Waals surface area contributed by atoms with Gasteiger partial charge in [0.25, 0.3) is 10.1 Å². The van der Waals surface area contributed by atoms with Gasteiger partial charge in [0.15, 0.2) is 4.75 Å². The van der Waals surface area contributed by atoms with Crippen LogP contribution in [0.5, 0.6) is 11.5 Å². The molecule has 10 heteroatoms. The molecule has 0 saturated heterocycles. The van der Waals surface area contributed by atoms with Gasteiger partial charge in [0.2, 0.25) is 0 Å². The van der Waals surface area contributed by atoms with E-state index < -0.39 is 31.4 Å². The Balaban J connectivity index is 2.63. The first-order valence-corrected chi connectivity index (χ1v) is 10.8. The summed E-state index contributed by atoms with van der Waals surface area (Å²) in [5.41, 5.74) is -0.463. The van der Waals surface area contributed by atoms with E-state index >= 15 is 0 Å². The minimum atomic E-state index is -5.09. The Morgan fingerprint density at radius 1 is 0.759 bits per heavy atom. The molecule has 0 spiro atoms. The van der Waals surface area contributed by atoms with Crippen molar-refractivity contribution in [3.63, 3.8) is 0 Å². The minimum Gasteiger partial charge on any atom is -0.506 e. The Labute approximate surface area is 186 Å². The molecule has 5 nitrogen and oxygen atoms in total. The summed E-state index contributed by atoms with van der Waals surface area (Å²) in [6.45, 7) is 0. The minimum absolute atomic E-state index is 0.0244. The molecule has 0 aliphatic heterocycles. The molecule has 3 aromatic carbocycles. The van der Waals surface area contributed by atoms with Crippen LogP contribution in [0.3, 0.4) is 0 Å². The molecule has 3 rings (SSSR count). The fourth-order valence-corrected chi connectivity index (χ4v) is 5.63. The summed E-state index contributed by atoms with van der Waals surface area (Å²) < 4.78 is 34.0. The molecule has 29 heavy (non-hydrogen) atoms. The largest absolute Gasteiger partial charge is 0.506 e. The number of hydrogen-bond donors (Lipinski definition) is 3. The van der Waals surface area contributed by atoms with E-state index in [0.717, 1.165) is 12.1 Å². The first-order chi connectivity index (χ1) is 13.5. The highest BCUT2D eigenvalue weighted by atomic mass is 35.5. The number of rotatable bonds is 4. The van der Waals surface area contributed by atoms with Crippen molar-refractivity contribution < 1.29 is 23.2 Å². The van der Waals surface area contributed by atoms with Crippen molar-refractivity contribution >= 4 is 56.5 Å². The maximum absolute atomic E-state index is 13.0. The molecular weight excluding hydrogens is 482 g/mol. The molecule has 1 atom stereocenters. The van der Waals surface area contributed by atoms with E-state index in [4.69, 9.17) is 46.4 Å². The van der Waals surface area contributed by atoms with E-state index in [2.05, 4.69) is 0 Å². The lowest BCUT2D eigenvalue weighted by Crippen LogP contribution is -2.39. The second kappa shape index (κ2) is 7.87. The van der Waals surface area contributed by atoms with Gasteiger partial charge in [-0.3, -0.25) is 4.55 Å². The zero-order chi connectivity index (χ0) is 21.6. The molecule has 0 heterocycles. The predicted octanol–water partition coefficient (Wildman–Crippen LogP) is 5.89. The molecular formula is C19H12Cl4O5S. The summed E-state index contributed by atoms with van der Waals surface area (Å²) in [5, 5.41) is 19.9. The van der Waals surface area contributed by atoms with Gasteiger partial charge >= 0.3 is 0 Å². The molecule has 0 amide bonds. The Kier molecular flexibility index (Phi) is 5.98. The van der Waals surface area contributed by atoms with E-state index in [0.29, 0.717) is 0 Å². The first kappa shape index (κ1) is 22.0. The molecule has 0 bridgehead atoms. The highest BCUT2D eigenvalue weighted by Crippen LogP contribution is 2.51. The van der Waals surface area contributed by atoms with Gasteiger partial charge in [-0.05, 0) is 47.5 Å². The van der Waals surface area contributed by atoms with Crippen LogP contribution < -0.4 is 0 Å². The highest BCUT2D eigenvalue weighted by Gasteiger charge is 2.51. The maximum Gasteiger partial charge on any atom is 0.283 e. The van der Waals surface area contributed by atoms with Crippen LogP contribution in [-0.4, -0.2) is 23.2 Å². The fraction of sp³-hybridized carbons (Fsp3) is 0.0526. The number of aromatic hydroxyl groups is 2. The van der Waals surface area contributed by atoms with E-state index in [1.165, 1.54) is 42.5 Å². The lowest BCUT2D eigenvalue weighted by molar-refractivity contribution is 0.444. The van der Waals surface area contributed by atoms with Crippen molar-refractivity contribution in [3.8, 4) is 11.5 Å². The van der Waals surface area contributed by atoms with Gasteiger partial charge < -0.3 is 10.2 Å². The second-order valence-corrected chi connectivity index (χ2v) is 9.28. The summed E-state index contributed by atoms with van der Waals surface area (Å²) in [4.78, 5) is 0. The maximum atomic E-state index is 13.0. The SMILES string of the molecule is O=S(=O)(O)C(c1cccc(Cl)c1)(c1cc(O)c(Cl)c(O)c1)c1c(Cl)cccc1Cl. The van der Waals surface area contributed by atoms with Crippen LogP contribution in [0.15, 0.2) is 54.6 Å². The van der Waals surface area contributed by atoms with Gasteiger partial charge in [-0.25, -0.2) is 0 Å². The third kappa shape index (κ3) is 3.65. The van der Waals surface area contributed by atoms with Crippen molar-refractivity contribution in [3.05, 3.63) is 91.4 Å². The quantitative estimate of drug-likeness (QED) is 0.311. The van der Waals surface area contributed by atoms with Gasteiger partial charge in [0, 0.05) is 20.6 Å². The second-order valence-electron chi connectivity index (χ2n) is 6.09. The van der Waals surface area contributed by atoms with Crippen molar-refractivity contribution in [1.82, 2.24) is 0 Å². The van der Waals surface area contributed by atoms with E-state index in [-0.39, 0.29) is 31.8 Å². The summed E-state index contributed by atoms with van der Waals surface area (Å²) in [5.74, 6) is -1.22. The molecule has 0 aromatic heterocycles. The van der Waals surface area contributed by atoms with Gasteiger partial charge in [0.05, 0.1) is 0 Å². The highest BCUT2D eigenvalue weighted by molar-refractivity contribution is 7.87. The number of hydrogen-bond acceptors (Lipinski definition) is 4. The smallest absolute Gasteiger partial charge is 0.283 e. The van der Waals surface area contributed by atoms with Gasteiger partial charge in [-0.1, -0.05) is 64.6 Å². The lowest BCUT2D eigenvalue weighted by atomic mass is 9.83. The first-order valence-electron chi connectivity index (χ1n) is 7.89. The normalized spacial score (nSPS) is 13.8. The third-order valence-electron chi connectivity index (χ3n) is 4.37. The predicted molar refractivity (Wildman–Crippen MR) is 114 cm³/mol. The summed E-state index contributed by atoms with van der Waals surface area (Å²) >= 11 is 24.5. The van der Waals surface area contributed by atoms with Crippen molar-refractivity contribution in [2.24, 2.45) is 0 Å². The molecule has 3 aromatic rings. The number of halogens is 4. The van der Waals surface area contributed by atoms with Crippen LogP contribution >= 0.6 is 46.4 Å². The zero-order valence-electron chi connectivity index (χ0n) is 14.3. The van der Waals surface area contributed by atoms with E-state index in [1.54, 1.807) is 0 Å². The van der Waals surface area contributed by atoms with Crippen molar-refractivity contribution in [2.45, 2.75) is 4.75 Å². The van der Waals surface area contributed by atoms with Crippen molar-refractivity contribution in [2.75, 3.05) is 0 Å². The Morgan fingerprint density at radius 3 is 1.76 bits per heavy atom. The topological polar surface area (TPSA) is 94.8 Å². The molecule has 0 saturated carbocycles. The van der Waals surface area contributed by atoms with Crippen LogP contribution in [0.25, 0.3) is 0 Å². The van der Waals surface area contributed by atoms with Crippen LogP contribution in [0.2, 0.25) is 20.1 Å². The molecule has 0 fully saturated rings. The summed E-state index contributed by atoms with van der Waals surface area (Å²) in [7, 11) is -5.09. The summed E-state index contributed by atoms with van der Waals surface area (Å²) in [6, 6.07) is 11.9.